The first kappa shape index (κ1) is 20.0. The number of methoxy groups -OCH3 is 1. The van der Waals surface area contributed by atoms with Gasteiger partial charge in [0.1, 0.15) is 17.4 Å². The Labute approximate surface area is 164 Å². The van der Waals surface area contributed by atoms with Gasteiger partial charge in [-0.2, -0.15) is 5.10 Å². The number of benzene rings is 2. The quantitative estimate of drug-likeness (QED) is 0.686. The number of anilines is 1. The molecule has 1 N–H and O–H groups in total. The fourth-order valence-corrected chi connectivity index (χ4v) is 2.52. The summed E-state index contributed by atoms with van der Waals surface area (Å²) in [4.78, 5) is 24.9. The highest BCUT2D eigenvalue weighted by Gasteiger charge is 2.19. The van der Waals surface area contributed by atoms with E-state index in [1.807, 2.05) is 0 Å². The van der Waals surface area contributed by atoms with E-state index in [0.717, 1.165) is 12.1 Å². The highest BCUT2D eigenvalue weighted by Crippen LogP contribution is 2.21. The van der Waals surface area contributed by atoms with Crippen LogP contribution in [0.1, 0.15) is 17.4 Å². The van der Waals surface area contributed by atoms with E-state index in [0.29, 0.717) is 5.69 Å². The summed E-state index contributed by atoms with van der Waals surface area (Å²) in [5.74, 6) is -1.74. The van der Waals surface area contributed by atoms with E-state index in [-0.39, 0.29) is 23.9 Å². The summed E-state index contributed by atoms with van der Waals surface area (Å²) in [6.45, 7) is 1.96. The molecule has 1 heterocycles. The van der Waals surface area contributed by atoms with Crippen LogP contribution in [0.5, 0.6) is 11.6 Å². The number of amides is 1. The fraction of sp³-hybridized carbons (Fsp3) is 0.150. The third-order valence-corrected chi connectivity index (χ3v) is 3.90. The largest absolute Gasteiger partial charge is 0.497 e. The smallest absolute Gasteiger partial charge is 0.280 e. The standard InChI is InChI=1S/C20H17F2N3O4/c1-3-29-18-11-17(26)19(24-25(18)13-6-4-12(21)5-7-13)20(27)23-16-9-8-14(28-2)10-15(16)22/h4-11H,3H2,1-2H3,(H,23,27). The van der Waals surface area contributed by atoms with Gasteiger partial charge in [0, 0.05) is 6.07 Å². The van der Waals surface area contributed by atoms with Crippen molar-refractivity contribution in [1.29, 1.82) is 0 Å². The molecule has 7 nitrogen and oxygen atoms in total. The lowest BCUT2D eigenvalue weighted by Gasteiger charge is -2.14. The summed E-state index contributed by atoms with van der Waals surface area (Å²) < 4.78 is 38.9. The van der Waals surface area contributed by atoms with Crippen LogP contribution in [0.15, 0.2) is 53.3 Å². The van der Waals surface area contributed by atoms with E-state index in [2.05, 4.69) is 10.4 Å². The third kappa shape index (κ3) is 4.40. The molecule has 3 rings (SSSR count). The lowest BCUT2D eigenvalue weighted by molar-refractivity contribution is 0.101. The summed E-state index contributed by atoms with van der Waals surface area (Å²) >= 11 is 0. The Morgan fingerprint density at radius 2 is 1.86 bits per heavy atom. The van der Waals surface area contributed by atoms with Crippen LogP contribution in [-0.2, 0) is 0 Å². The first-order valence-electron chi connectivity index (χ1n) is 8.61. The van der Waals surface area contributed by atoms with Gasteiger partial charge >= 0.3 is 0 Å². The Morgan fingerprint density at radius 1 is 1.14 bits per heavy atom. The van der Waals surface area contributed by atoms with Crippen molar-refractivity contribution in [3.63, 3.8) is 0 Å². The molecule has 0 saturated carbocycles. The SMILES string of the molecule is CCOc1cc(=O)c(C(=O)Nc2ccc(OC)cc2F)nn1-c1ccc(F)cc1. The van der Waals surface area contributed by atoms with Crippen LogP contribution in [0.4, 0.5) is 14.5 Å². The van der Waals surface area contributed by atoms with Gasteiger partial charge in [-0.25, -0.2) is 13.5 Å². The first-order chi connectivity index (χ1) is 13.9. The predicted molar refractivity (Wildman–Crippen MR) is 102 cm³/mol. The van der Waals surface area contributed by atoms with Gasteiger partial charge in [-0.1, -0.05) is 0 Å². The zero-order valence-electron chi connectivity index (χ0n) is 15.6. The lowest BCUT2D eigenvalue weighted by Crippen LogP contribution is -2.27. The van der Waals surface area contributed by atoms with Gasteiger partial charge in [-0.05, 0) is 43.3 Å². The Balaban J connectivity index is 2.00. The van der Waals surface area contributed by atoms with Crippen molar-refractivity contribution in [3.8, 4) is 17.3 Å². The Hall–Kier alpha value is -3.75. The molecule has 9 heteroatoms. The van der Waals surface area contributed by atoms with Crippen LogP contribution in [0, 0.1) is 11.6 Å². The molecule has 0 aliphatic rings. The normalized spacial score (nSPS) is 10.5. The van der Waals surface area contributed by atoms with Gasteiger partial charge in [0.15, 0.2) is 5.69 Å². The topological polar surface area (TPSA) is 82.5 Å². The Kier molecular flexibility index (Phi) is 5.87. The minimum Gasteiger partial charge on any atom is -0.497 e. The number of hydrogen-bond donors (Lipinski definition) is 1. The Bertz CT molecular complexity index is 1100. The molecule has 1 aromatic heterocycles. The molecule has 0 saturated heterocycles. The van der Waals surface area contributed by atoms with Crippen molar-refractivity contribution < 1.29 is 23.0 Å². The molecule has 150 valence electrons. The highest BCUT2D eigenvalue weighted by atomic mass is 19.1. The van der Waals surface area contributed by atoms with E-state index < -0.39 is 28.7 Å². The van der Waals surface area contributed by atoms with Crippen LogP contribution in [-0.4, -0.2) is 29.4 Å². The van der Waals surface area contributed by atoms with Crippen LogP contribution < -0.4 is 20.2 Å². The van der Waals surface area contributed by atoms with Crippen molar-refractivity contribution in [2.75, 3.05) is 19.0 Å². The monoisotopic (exact) mass is 401 g/mol. The molecule has 3 aromatic rings. The number of nitrogens with zero attached hydrogens (tertiary/aromatic N) is 2. The molecular weight excluding hydrogens is 384 g/mol. The van der Waals surface area contributed by atoms with E-state index in [4.69, 9.17) is 9.47 Å². The molecule has 0 atom stereocenters. The molecule has 0 aliphatic carbocycles. The molecule has 0 fully saturated rings. The second-order valence-corrected chi connectivity index (χ2v) is 5.82. The highest BCUT2D eigenvalue weighted by molar-refractivity contribution is 6.02. The van der Waals surface area contributed by atoms with Gasteiger partial charge in [-0.15, -0.1) is 0 Å². The number of carbonyl (C=O) groups is 1. The maximum absolute atomic E-state index is 14.1. The number of halogens is 2. The van der Waals surface area contributed by atoms with Gasteiger partial charge in [0.05, 0.1) is 31.2 Å². The molecule has 0 unspecified atom stereocenters. The number of aromatic nitrogens is 2. The first-order valence-corrected chi connectivity index (χ1v) is 8.61. The zero-order valence-corrected chi connectivity index (χ0v) is 15.6. The molecule has 1 amide bonds. The molecule has 2 aromatic carbocycles. The maximum Gasteiger partial charge on any atom is 0.280 e. The summed E-state index contributed by atoms with van der Waals surface area (Å²) in [5.41, 5.74) is -0.954. The van der Waals surface area contributed by atoms with Gasteiger partial charge in [-0.3, -0.25) is 9.59 Å². The van der Waals surface area contributed by atoms with Gasteiger partial charge < -0.3 is 14.8 Å². The number of ether oxygens (including phenoxy) is 2. The maximum atomic E-state index is 14.1. The second-order valence-electron chi connectivity index (χ2n) is 5.82. The summed E-state index contributed by atoms with van der Waals surface area (Å²) in [6.07, 6.45) is 0. The lowest BCUT2D eigenvalue weighted by atomic mass is 10.2. The molecule has 0 bridgehead atoms. The minimum absolute atomic E-state index is 0.0799. The average Bonchev–Trinajstić information content (AvgIpc) is 2.70. The Morgan fingerprint density at radius 3 is 2.48 bits per heavy atom. The average molecular weight is 401 g/mol. The summed E-state index contributed by atoms with van der Waals surface area (Å²) in [5, 5.41) is 6.36. The van der Waals surface area contributed by atoms with E-state index in [9.17, 15) is 18.4 Å². The number of carbonyl (C=O) groups excluding carboxylic acids is 1. The summed E-state index contributed by atoms with van der Waals surface area (Å²) in [7, 11) is 1.38. The van der Waals surface area contributed by atoms with Crippen molar-refractivity contribution in [1.82, 2.24) is 9.78 Å². The number of nitrogens with one attached hydrogen (secondary N) is 1. The molecule has 29 heavy (non-hydrogen) atoms. The van der Waals surface area contributed by atoms with Crippen molar-refractivity contribution >= 4 is 11.6 Å². The van der Waals surface area contributed by atoms with Gasteiger partial charge in [0.2, 0.25) is 11.3 Å². The predicted octanol–water partition coefficient (Wildman–Crippen LogP) is 3.17. The molecule has 0 aliphatic heterocycles. The van der Waals surface area contributed by atoms with E-state index >= 15 is 0 Å². The van der Waals surface area contributed by atoms with E-state index in [1.54, 1.807) is 6.92 Å². The van der Waals surface area contributed by atoms with Gasteiger partial charge in [0.25, 0.3) is 5.91 Å². The fourth-order valence-electron chi connectivity index (χ4n) is 2.52. The molecular formula is C20H17F2N3O4. The molecule has 0 radical (unpaired) electrons. The van der Waals surface area contributed by atoms with E-state index in [1.165, 1.54) is 48.2 Å². The van der Waals surface area contributed by atoms with Crippen molar-refractivity contribution in [2.45, 2.75) is 6.92 Å². The van der Waals surface area contributed by atoms with Crippen molar-refractivity contribution in [3.05, 3.63) is 76.1 Å². The number of hydrogen-bond acceptors (Lipinski definition) is 5. The van der Waals surface area contributed by atoms with Crippen LogP contribution in [0.2, 0.25) is 0 Å². The zero-order chi connectivity index (χ0) is 21.0. The van der Waals surface area contributed by atoms with Crippen LogP contribution >= 0.6 is 0 Å². The second kappa shape index (κ2) is 8.51. The third-order valence-electron chi connectivity index (χ3n) is 3.90. The van der Waals surface area contributed by atoms with Crippen LogP contribution in [0.3, 0.4) is 0 Å². The minimum atomic E-state index is -0.905. The molecule has 0 spiro atoms. The van der Waals surface area contributed by atoms with Crippen LogP contribution in [0.25, 0.3) is 5.69 Å². The summed E-state index contributed by atoms with van der Waals surface area (Å²) in [6, 6.07) is 10.2. The van der Waals surface area contributed by atoms with Crippen molar-refractivity contribution in [2.24, 2.45) is 0 Å². The number of rotatable bonds is 6.